The molecule has 3 aromatic rings. The van der Waals surface area contributed by atoms with Gasteiger partial charge in [0.05, 0.1) is 5.71 Å². The van der Waals surface area contributed by atoms with Gasteiger partial charge in [0.2, 0.25) is 0 Å². The van der Waals surface area contributed by atoms with E-state index in [-0.39, 0.29) is 5.75 Å². The van der Waals surface area contributed by atoms with Gasteiger partial charge in [-0.1, -0.05) is 53.7 Å². The molecule has 3 aromatic carbocycles. The molecule has 0 unspecified atom stereocenters. The maximum absolute atomic E-state index is 11.7. The summed E-state index contributed by atoms with van der Waals surface area (Å²) in [6.45, 7) is 1.67. The monoisotopic (exact) mass is 320 g/mol. The molecule has 5 nitrogen and oxygen atoms in total. The average molecular weight is 320 g/mol. The first-order chi connectivity index (χ1) is 11.6. The fraction of sp³-hybridized carbons (Fsp3) is 0.0526. The number of anilines is 1. The number of phenolic OH excluding ortho intramolecular Hbond substituents is 1. The van der Waals surface area contributed by atoms with Crippen LogP contribution in [0.1, 0.15) is 12.5 Å². The van der Waals surface area contributed by atoms with Crippen LogP contribution in [0.5, 0.6) is 5.75 Å². The molecular weight excluding hydrogens is 304 g/mol. The first kappa shape index (κ1) is 15.6. The van der Waals surface area contributed by atoms with E-state index in [1.807, 2.05) is 36.4 Å². The molecule has 0 aliphatic heterocycles. The number of carbonyl (C=O) groups is 1. The molecule has 3 rings (SSSR count). The summed E-state index contributed by atoms with van der Waals surface area (Å²) in [5.74, 6) is 0.112. The van der Waals surface area contributed by atoms with E-state index in [2.05, 4.69) is 10.5 Å². The summed E-state index contributed by atoms with van der Waals surface area (Å²) in [6, 6.07) is 20.1. The van der Waals surface area contributed by atoms with Gasteiger partial charge in [-0.3, -0.25) is 10.2 Å². The van der Waals surface area contributed by atoms with Gasteiger partial charge in [-0.15, -0.1) is 0 Å². The van der Waals surface area contributed by atoms with Crippen LogP contribution in [0.15, 0.2) is 71.9 Å². The number of amides is 1. The van der Waals surface area contributed by atoms with Gasteiger partial charge >= 0.3 is 6.09 Å². The Morgan fingerprint density at radius 3 is 2.50 bits per heavy atom. The molecule has 0 spiro atoms. The van der Waals surface area contributed by atoms with Crippen molar-refractivity contribution in [1.82, 2.24) is 0 Å². The molecule has 120 valence electrons. The largest absolute Gasteiger partial charge is 0.507 e. The highest BCUT2D eigenvalue weighted by atomic mass is 16.7. The second kappa shape index (κ2) is 6.83. The summed E-state index contributed by atoms with van der Waals surface area (Å²) < 4.78 is 0. The number of oxime groups is 1. The Balaban J connectivity index is 1.76. The summed E-state index contributed by atoms with van der Waals surface area (Å²) >= 11 is 0. The number of nitrogens with one attached hydrogen (secondary N) is 1. The molecule has 0 aromatic heterocycles. The highest BCUT2D eigenvalue weighted by Crippen LogP contribution is 2.29. The molecule has 0 aliphatic carbocycles. The first-order valence-electron chi connectivity index (χ1n) is 7.44. The van der Waals surface area contributed by atoms with Crippen LogP contribution in [-0.2, 0) is 4.84 Å². The Morgan fingerprint density at radius 1 is 1.00 bits per heavy atom. The van der Waals surface area contributed by atoms with Gasteiger partial charge in [-0.05, 0) is 30.5 Å². The van der Waals surface area contributed by atoms with Crippen molar-refractivity contribution in [3.8, 4) is 5.75 Å². The van der Waals surface area contributed by atoms with Crippen molar-refractivity contribution in [3.63, 3.8) is 0 Å². The predicted octanol–water partition coefficient (Wildman–Crippen LogP) is 4.52. The van der Waals surface area contributed by atoms with Crippen molar-refractivity contribution in [2.75, 3.05) is 5.32 Å². The number of benzene rings is 3. The molecule has 0 saturated heterocycles. The van der Waals surface area contributed by atoms with E-state index in [4.69, 9.17) is 4.84 Å². The van der Waals surface area contributed by atoms with Crippen LogP contribution >= 0.6 is 0 Å². The zero-order valence-corrected chi connectivity index (χ0v) is 13.1. The number of phenols is 1. The van der Waals surface area contributed by atoms with Crippen molar-refractivity contribution in [1.29, 1.82) is 0 Å². The van der Waals surface area contributed by atoms with Crippen molar-refractivity contribution >= 4 is 28.3 Å². The van der Waals surface area contributed by atoms with Crippen molar-refractivity contribution in [2.24, 2.45) is 5.16 Å². The first-order valence-corrected chi connectivity index (χ1v) is 7.44. The molecule has 0 fully saturated rings. The van der Waals surface area contributed by atoms with Crippen LogP contribution in [0.2, 0.25) is 0 Å². The lowest BCUT2D eigenvalue weighted by Crippen LogP contribution is -2.11. The van der Waals surface area contributed by atoms with E-state index in [1.54, 1.807) is 37.3 Å². The van der Waals surface area contributed by atoms with Gasteiger partial charge in [0, 0.05) is 16.6 Å². The molecule has 2 N–H and O–H groups in total. The van der Waals surface area contributed by atoms with Crippen LogP contribution < -0.4 is 5.32 Å². The van der Waals surface area contributed by atoms with Crippen LogP contribution in [0, 0.1) is 0 Å². The SMILES string of the molecule is C/C(=N/OC(=O)Nc1ccccc1)c1ccc2ccccc2c1O. The van der Waals surface area contributed by atoms with Crippen molar-refractivity contribution in [2.45, 2.75) is 6.92 Å². The summed E-state index contributed by atoms with van der Waals surface area (Å²) in [6.07, 6.45) is -0.694. The summed E-state index contributed by atoms with van der Waals surface area (Å²) in [4.78, 5) is 16.6. The zero-order chi connectivity index (χ0) is 16.9. The number of carbonyl (C=O) groups excluding carboxylic acids is 1. The van der Waals surface area contributed by atoms with Gasteiger partial charge < -0.3 is 5.11 Å². The third kappa shape index (κ3) is 3.35. The van der Waals surface area contributed by atoms with Crippen LogP contribution in [0.4, 0.5) is 10.5 Å². The molecule has 0 aliphatic rings. The third-order valence-corrected chi connectivity index (χ3v) is 3.58. The van der Waals surface area contributed by atoms with Gasteiger partial charge in [0.15, 0.2) is 0 Å². The fourth-order valence-electron chi connectivity index (χ4n) is 2.37. The Labute approximate surface area is 139 Å². The minimum Gasteiger partial charge on any atom is -0.507 e. The van der Waals surface area contributed by atoms with Crippen LogP contribution in [-0.4, -0.2) is 16.9 Å². The Bertz CT molecular complexity index is 905. The Kier molecular flexibility index (Phi) is 4.43. The molecule has 0 bridgehead atoms. The number of hydrogen-bond acceptors (Lipinski definition) is 4. The molecular formula is C19H16N2O3. The number of rotatable bonds is 3. The third-order valence-electron chi connectivity index (χ3n) is 3.58. The van der Waals surface area contributed by atoms with E-state index in [0.717, 1.165) is 10.8 Å². The minimum atomic E-state index is -0.694. The number of nitrogens with zero attached hydrogens (tertiary/aromatic N) is 1. The number of para-hydroxylation sites is 1. The van der Waals surface area contributed by atoms with E-state index in [0.29, 0.717) is 17.0 Å². The van der Waals surface area contributed by atoms with Gasteiger partial charge in [-0.25, -0.2) is 4.79 Å². The zero-order valence-electron chi connectivity index (χ0n) is 13.1. The molecule has 5 heteroatoms. The van der Waals surface area contributed by atoms with E-state index >= 15 is 0 Å². The van der Waals surface area contributed by atoms with E-state index < -0.39 is 6.09 Å². The quantitative estimate of drug-likeness (QED) is 0.423. The number of fused-ring (bicyclic) bond motifs is 1. The van der Waals surface area contributed by atoms with Gasteiger partial charge in [-0.2, -0.15) is 0 Å². The van der Waals surface area contributed by atoms with Crippen LogP contribution in [0.25, 0.3) is 10.8 Å². The second-order valence-corrected chi connectivity index (χ2v) is 5.23. The van der Waals surface area contributed by atoms with E-state index in [9.17, 15) is 9.90 Å². The standard InChI is InChI=1S/C19H16N2O3/c1-13(21-24-19(23)20-15-8-3-2-4-9-15)16-12-11-14-7-5-6-10-17(14)18(16)22/h2-12,22H,1H3,(H,20,23)/b21-13-. The molecule has 1 amide bonds. The molecule has 0 heterocycles. The molecule has 0 saturated carbocycles. The van der Waals surface area contributed by atoms with E-state index in [1.165, 1.54) is 0 Å². The fourth-order valence-corrected chi connectivity index (χ4v) is 2.37. The predicted molar refractivity (Wildman–Crippen MR) is 94.4 cm³/mol. The Hall–Kier alpha value is -3.34. The Morgan fingerprint density at radius 2 is 1.71 bits per heavy atom. The maximum atomic E-state index is 11.7. The smallest absolute Gasteiger partial charge is 0.437 e. The summed E-state index contributed by atoms with van der Waals surface area (Å²) in [5.41, 5.74) is 1.53. The lowest BCUT2D eigenvalue weighted by molar-refractivity contribution is 0.166. The summed E-state index contributed by atoms with van der Waals surface area (Å²) in [7, 11) is 0. The minimum absolute atomic E-state index is 0.112. The lowest BCUT2D eigenvalue weighted by Gasteiger charge is -2.07. The van der Waals surface area contributed by atoms with Gasteiger partial charge in [0.1, 0.15) is 5.75 Å². The molecule has 24 heavy (non-hydrogen) atoms. The molecule has 0 atom stereocenters. The second-order valence-electron chi connectivity index (χ2n) is 5.23. The van der Waals surface area contributed by atoms with Gasteiger partial charge in [0.25, 0.3) is 0 Å². The topological polar surface area (TPSA) is 70.9 Å². The number of aromatic hydroxyl groups is 1. The van der Waals surface area contributed by atoms with Crippen molar-refractivity contribution < 1.29 is 14.7 Å². The average Bonchev–Trinajstić information content (AvgIpc) is 2.61. The number of hydrogen-bond donors (Lipinski definition) is 2. The summed E-state index contributed by atoms with van der Waals surface area (Å²) in [5, 5.41) is 18.4. The van der Waals surface area contributed by atoms with Crippen LogP contribution in [0.3, 0.4) is 0 Å². The highest BCUT2D eigenvalue weighted by molar-refractivity contribution is 6.06. The lowest BCUT2D eigenvalue weighted by atomic mass is 10.0. The molecule has 0 radical (unpaired) electrons. The maximum Gasteiger partial charge on any atom is 0.437 e. The van der Waals surface area contributed by atoms with Crippen molar-refractivity contribution in [3.05, 3.63) is 72.3 Å². The highest BCUT2D eigenvalue weighted by Gasteiger charge is 2.10. The normalized spacial score (nSPS) is 11.3.